The number of ether oxygens (including phenoxy) is 2. The maximum atomic E-state index is 13.0. The van der Waals surface area contributed by atoms with Crippen molar-refractivity contribution < 1.29 is 19.1 Å². The predicted octanol–water partition coefficient (Wildman–Crippen LogP) is 4.27. The SMILES string of the molecule is COc1cccc(CNC(=O)COC(=O)C2(Cc3nc4ccccc4s3)CCCC2)c1. The van der Waals surface area contributed by atoms with Gasteiger partial charge in [-0.15, -0.1) is 11.3 Å². The van der Waals surface area contributed by atoms with Gasteiger partial charge in [-0.25, -0.2) is 4.98 Å². The van der Waals surface area contributed by atoms with Gasteiger partial charge in [0.25, 0.3) is 5.91 Å². The number of nitrogens with zero attached hydrogens (tertiary/aromatic N) is 1. The van der Waals surface area contributed by atoms with Crippen LogP contribution in [-0.2, 0) is 27.3 Å². The molecule has 2 aromatic carbocycles. The van der Waals surface area contributed by atoms with E-state index in [9.17, 15) is 9.59 Å². The Hall–Kier alpha value is -2.93. The number of fused-ring (bicyclic) bond motifs is 1. The van der Waals surface area contributed by atoms with Crippen molar-refractivity contribution in [1.82, 2.24) is 10.3 Å². The summed E-state index contributed by atoms with van der Waals surface area (Å²) < 4.78 is 11.8. The number of amides is 1. The first kappa shape index (κ1) is 21.3. The monoisotopic (exact) mass is 438 g/mol. The molecule has 1 N–H and O–H groups in total. The molecular weight excluding hydrogens is 412 g/mol. The lowest BCUT2D eigenvalue weighted by Crippen LogP contribution is -2.36. The van der Waals surface area contributed by atoms with Gasteiger partial charge in [0.15, 0.2) is 6.61 Å². The highest BCUT2D eigenvalue weighted by atomic mass is 32.1. The second-order valence-electron chi connectivity index (χ2n) is 7.94. The van der Waals surface area contributed by atoms with E-state index in [4.69, 9.17) is 14.5 Å². The molecule has 6 nitrogen and oxygen atoms in total. The summed E-state index contributed by atoms with van der Waals surface area (Å²) in [6.07, 6.45) is 4.08. The average Bonchev–Trinajstić information content (AvgIpc) is 3.43. The topological polar surface area (TPSA) is 77.5 Å². The number of para-hydroxylation sites is 1. The fourth-order valence-corrected chi connectivity index (χ4v) is 5.22. The van der Waals surface area contributed by atoms with Crippen molar-refractivity contribution >= 4 is 33.4 Å². The zero-order chi connectivity index (χ0) is 21.7. The molecular formula is C24H26N2O4S. The van der Waals surface area contributed by atoms with Gasteiger partial charge in [0, 0.05) is 13.0 Å². The largest absolute Gasteiger partial charge is 0.497 e. The second-order valence-corrected chi connectivity index (χ2v) is 9.06. The lowest BCUT2D eigenvalue weighted by Gasteiger charge is -2.25. The smallest absolute Gasteiger partial charge is 0.313 e. The van der Waals surface area contributed by atoms with Crippen LogP contribution < -0.4 is 10.1 Å². The number of benzene rings is 2. The molecule has 7 heteroatoms. The van der Waals surface area contributed by atoms with Crippen LogP contribution in [0, 0.1) is 5.41 Å². The lowest BCUT2D eigenvalue weighted by molar-refractivity contribution is -0.158. The van der Waals surface area contributed by atoms with E-state index in [1.807, 2.05) is 48.5 Å². The summed E-state index contributed by atoms with van der Waals surface area (Å²) in [6.45, 7) is 0.0782. The third-order valence-electron chi connectivity index (χ3n) is 5.78. The lowest BCUT2D eigenvalue weighted by atomic mass is 9.83. The molecule has 31 heavy (non-hydrogen) atoms. The number of rotatable bonds is 8. The van der Waals surface area contributed by atoms with Crippen molar-refractivity contribution in [3.05, 3.63) is 59.1 Å². The molecule has 0 bridgehead atoms. The molecule has 1 aliphatic rings. The minimum Gasteiger partial charge on any atom is -0.497 e. The molecule has 0 saturated heterocycles. The first-order valence-corrected chi connectivity index (χ1v) is 11.3. The van der Waals surface area contributed by atoms with Crippen LogP contribution in [0.3, 0.4) is 0 Å². The van der Waals surface area contributed by atoms with Crippen molar-refractivity contribution in [1.29, 1.82) is 0 Å². The normalized spacial score (nSPS) is 15.0. The van der Waals surface area contributed by atoms with Gasteiger partial charge in [-0.05, 0) is 42.7 Å². The Morgan fingerprint density at radius 3 is 2.71 bits per heavy atom. The average molecular weight is 439 g/mol. The summed E-state index contributed by atoms with van der Waals surface area (Å²) in [7, 11) is 1.60. The summed E-state index contributed by atoms with van der Waals surface area (Å²) in [4.78, 5) is 29.9. The van der Waals surface area contributed by atoms with Gasteiger partial charge >= 0.3 is 5.97 Å². The number of nitrogens with one attached hydrogen (secondary N) is 1. The van der Waals surface area contributed by atoms with Gasteiger partial charge in [0.1, 0.15) is 5.75 Å². The molecule has 1 amide bonds. The molecule has 162 valence electrons. The van der Waals surface area contributed by atoms with Gasteiger partial charge in [-0.1, -0.05) is 37.1 Å². The van der Waals surface area contributed by atoms with Crippen LogP contribution in [0.4, 0.5) is 0 Å². The molecule has 1 heterocycles. The van der Waals surface area contributed by atoms with Crippen LogP contribution in [0.5, 0.6) is 5.75 Å². The maximum Gasteiger partial charge on any atom is 0.313 e. The van der Waals surface area contributed by atoms with Gasteiger partial charge in [0.2, 0.25) is 0 Å². The number of thiazole rings is 1. The minimum atomic E-state index is -0.582. The zero-order valence-corrected chi connectivity index (χ0v) is 18.4. The molecule has 1 aromatic heterocycles. The van der Waals surface area contributed by atoms with Crippen LogP contribution in [-0.4, -0.2) is 30.6 Å². The minimum absolute atomic E-state index is 0.273. The standard InChI is InChI=1S/C24H26N2O4S/c1-29-18-8-6-7-17(13-18)15-25-21(27)16-30-23(28)24(11-4-5-12-24)14-22-26-19-9-2-3-10-20(19)31-22/h2-3,6-10,13H,4-5,11-12,14-16H2,1H3,(H,25,27). The molecule has 0 spiro atoms. The highest BCUT2D eigenvalue weighted by Crippen LogP contribution is 2.43. The quantitative estimate of drug-likeness (QED) is 0.532. The van der Waals surface area contributed by atoms with Crippen molar-refractivity contribution in [2.45, 2.75) is 38.6 Å². The molecule has 0 atom stereocenters. The molecule has 0 radical (unpaired) electrons. The number of hydrogen-bond donors (Lipinski definition) is 1. The summed E-state index contributed by atoms with van der Waals surface area (Å²) in [5.74, 6) is 0.126. The molecule has 0 unspecified atom stereocenters. The molecule has 3 aromatic rings. The number of carbonyl (C=O) groups excluding carboxylic acids is 2. The van der Waals surface area contributed by atoms with Gasteiger partial charge in [-0.3, -0.25) is 9.59 Å². The summed E-state index contributed by atoms with van der Waals surface area (Å²) in [6, 6.07) is 15.5. The van der Waals surface area contributed by atoms with Crippen LogP contribution in [0.2, 0.25) is 0 Å². The van der Waals surface area contributed by atoms with Crippen molar-refractivity contribution in [3.63, 3.8) is 0 Å². The Morgan fingerprint density at radius 1 is 1.13 bits per heavy atom. The first-order valence-electron chi connectivity index (χ1n) is 10.5. The van der Waals surface area contributed by atoms with Crippen LogP contribution in [0.25, 0.3) is 10.2 Å². The number of carbonyl (C=O) groups is 2. The Labute approximate surface area is 185 Å². The molecule has 1 fully saturated rings. The Kier molecular flexibility index (Phi) is 6.51. The molecule has 1 aliphatic carbocycles. The Bertz CT molecular complexity index is 1040. The Balaban J connectivity index is 1.34. The fourth-order valence-electron chi connectivity index (χ4n) is 4.11. The number of methoxy groups -OCH3 is 1. The molecule has 0 aliphatic heterocycles. The predicted molar refractivity (Wildman–Crippen MR) is 120 cm³/mol. The summed E-state index contributed by atoms with van der Waals surface area (Å²) in [5.41, 5.74) is 1.30. The van der Waals surface area contributed by atoms with E-state index in [1.165, 1.54) is 0 Å². The molecule has 1 saturated carbocycles. The first-order chi connectivity index (χ1) is 15.1. The highest BCUT2D eigenvalue weighted by molar-refractivity contribution is 7.18. The second kappa shape index (κ2) is 9.47. The molecule has 4 rings (SSSR count). The van der Waals surface area contributed by atoms with E-state index in [-0.39, 0.29) is 18.5 Å². The summed E-state index contributed by atoms with van der Waals surface area (Å²) in [5, 5.41) is 3.74. The van der Waals surface area contributed by atoms with Crippen molar-refractivity contribution in [3.8, 4) is 5.75 Å². The van der Waals surface area contributed by atoms with E-state index < -0.39 is 5.41 Å². The number of aromatic nitrogens is 1. The van der Waals surface area contributed by atoms with Gasteiger partial charge in [0.05, 0.1) is 27.7 Å². The zero-order valence-electron chi connectivity index (χ0n) is 17.6. The number of hydrogen-bond acceptors (Lipinski definition) is 6. The Morgan fingerprint density at radius 2 is 1.94 bits per heavy atom. The van der Waals surface area contributed by atoms with Gasteiger partial charge < -0.3 is 14.8 Å². The van der Waals surface area contributed by atoms with E-state index in [0.29, 0.717) is 13.0 Å². The van der Waals surface area contributed by atoms with E-state index >= 15 is 0 Å². The third kappa shape index (κ3) is 5.05. The van der Waals surface area contributed by atoms with Crippen LogP contribution in [0.1, 0.15) is 36.3 Å². The number of esters is 1. The van der Waals surface area contributed by atoms with E-state index in [0.717, 1.165) is 52.2 Å². The maximum absolute atomic E-state index is 13.0. The van der Waals surface area contributed by atoms with Crippen LogP contribution >= 0.6 is 11.3 Å². The van der Waals surface area contributed by atoms with E-state index in [2.05, 4.69) is 5.32 Å². The van der Waals surface area contributed by atoms with Crippen LogP contribution in [0.15, 0.2) is 48.5 Å². The fraction of sp³-hybridized carbons (Fsp3) is 0.375. The third-order valence-corrected chi connectivity index (χ3v) is 6.82. The van der Waals surface area contributed by atoms with E-state index in [1.54, 1.807) is 18.4 Å². The summed E-state index contributed by atoms with van der Waals surface area (Å²) >= 11 is 1.62. The van der Waals surface area contributed by atoms with Crippen molar-refractivity contribution in [2.75, 3.05) is 13.7 Å². The van der Waals surface area contributed by atoms with Gasteiger partial charge in [-0.2, -0.15) is 0 Å². The highest BCUT2D eigenvalue weighted by Gasteiger charge is 2.43. The van der Waals surface area contributed by atoms with Crippen molar-refractivity contribution in [2.24, 2.45) is 5.41 Å².